The fraction of sp³-hybridized carbons (Fsp3) is 0.500. The highest BCUT2D eigenvalue weighted by Gasteiger charge is 2.34. The molecule has 0 saturated carbocycles. The van der Waals surface area contributed by atoms with E-state index >= 15 is 0 Å². The van der Waals surface area contributed by atoms with E-state index in [4.69, 9.17) is 9.47 Å². The molecular weight excluding hydrogens is 230 g/mol. The highest BCUT2D eigenvalue weighted by molar-refractivity contribution is 5.74. The molecule has 1 aliphatic heterocycles. The minimum absolute atomic E-state index is 0.0509. The maximum absolute atomic E-state index is 11.9. The number of carbonyl (C=O) groups is 1. The van der Waals surface area contributed by atoms with E-state index in [0.717, 1.165) is 24.3 Å². The predicted molar refractivity (Wildman–Crippen MR) is 68.5 cm³/mol. The van der Waals surface area contributed by atoms with E-state index in [2.05, 4.69) is 5.32 Å². The van der Waals surface area contributed by atoms with Gasteiger partial charge in [0.2, 0.25) is 0 Å². The second-order valence-electron chi connectivity index (χ2n) is 4.35. The average molecular weight is 249 g/mol. The summed E-state index contributed by atoms with van der Waals surface area (Å²) in [4.78, 5) is 11.9. The quantitative estimate of drug-likeness (QED) is 0.828. The Balaban J connectivity index is 2.12. The molecular formula is C14H19NO3. The molecule has 1 aromatic carbocycles. The van der Waals surface area contributed by atoms with E-state index in [9.17, 15) is 4.79 Å². The number of ether oxygens (including phenoxy) is 2. The van der Waals surface area contributed by atoms with Gasteiger partial charge in [-0.3, -0.25) is 4.79 Å². The highest BCUT2D eigenvalue weighted by Crippen LogP contribution is 2.31. The van der Waals surface area contributed by atoms with Gasteiger partial charge >= 0.3 is 5.97 Å². The van der Waals surface area contributed by atoms with Gasteiger partial charge in [0.15, 0.2) is 0 Å². The van der Waals surface area contributed by atoms with Crippen molar-refractivity contribution < 1.29 is 14.3 Å². The van der Waals surface area contributed by atoms with Crippen molar-refractivity contribution in [3.8, 4) is 5.75 Å². The largest absolute Gasteiger partial charge is 0.497 e. The van der Waals surface area contributed by atoms with Crippen molar-refractivity contribution in [2.24, 2.45) is 5.92 Å². The fourth-order valence-electron chi connectivity index (χ4n) is 2.37. The molecule has 98 valence electrons. The minimum atomic E-state index is -0.108. The lowest BCUT2D eigenvalue weighted by Gasteiger charge is -2.18. The summed E-state index contributed by atoms with van der Waals surface area (Å²) in [5.74, 6) is 0.631. The van der Waals surface area contributed by atoms with Crippen LogP contribution in [0.25, 0.3) is 0 Å². The van der Waals surface area contributed by atoms with Crippen molar-refractivity contribution in [2.75, 3.05) is 20.3 Å². The van der Waals surface area contributed by atoms with Crippen LogP contribution in [-0.2, 0) is 9.53 Å². The van der Waals surface area contributed by atoms with Crippen LogP contribution < -0.4 is 10.1 Å². The molecule has 0 aromatic heterocycles. The van der Waals surface area contributed by atoms with Gasteiger partial charge in [0.25, 0.3) is 0 Å². The summed E-state index contributed by atoms with van der Waals surface area (Å²) in [6.45, 7) is 3.12. The minimum Gasteiger partial charge on any atom is -0.497 e. The number of hydrogen-bond donors (Lipinski definition) is 1. The summed E-state index contributed by atoms with van der Waals surface area (Å²) in [6, 6.07) is 7.87. The van der Waals surface area contributed by atoms with E-state index in [1.54, 1.807) is 7.11 Å². The molecule has 0 unspecified atom stereocenters. The lowest BCUT2D eigenvalue weighted by Crippen LogP contribution is -2.25. The zero-order valence-electron chi connectivity index (χ0n) is 10.8. The van der Waals surface area contributed by atoms with Gasteiger partial charge in [0.05, 0.1) is 19.6 Å². The summed E-state index contributed by atoms with van der Waals surface area (Å²) in [7, 11) is 1.64. The maximum Gasteiger partial charge on any atom is 0.310 e. The molecule has 0 bridgehead atoms. The first-order valence-electron chi connectivity index (χ1n) is 6.30. The van der Waals surface area contributed by atoms with Gasteiger partial charge in [-0.2, -0.15) is 0 Å². The number of benzene rings is 1. The molecule has 4 nitrogen and oxygen atoms in total. The van der Waals surface area contributed by atoms with Gasteiger partial charge in [-0.1, -0.05) is 12.1 Å². The fourth-order valence-corrected chi connectivity index (χ4v) is 2.37. The van der Waals surface area contributed by atoms with Crippen LogP contribution in [0.1, 0.15) is 24.9 Å². The molecule has 0 spiro atoms. The van der Waals surface area contributed by atoms with Crippen LogP contribution >= 0.6 is 0 Å². The summed E-state index contributed by atoms with van der Waals surface area (Å²) < 4.78 is 10.3. The summed E-state index contributed by atoms with van der Waals surface area (Å²) in [5, 5.41) is 3.36. The van der Waals surface area contributed by atoms with Gasteiger partial charge in [-0.15, -0.1) is 0 Å². The number of methoxy groups -OCH3 is 1. The topological polar surface area (TPSA) is 47.6 Å². The SMILES string of the molecule is CCOC(=O)[C@H]1CCN[C@H]1c1ccc(OC)cc1. The molecule has 18 heavy (non-hydrogen) atoms. The van der Waals surface area contributed by atoms with Crippen LogP contribution in [0.3, 0.4) is 0 Å². The Labute approximate surface area is 107 Å². The molecule has 1 fully saturated rings. The highest BCUT2D eigenvalue weighted by atomic mass is 16.5. The summed E-state index contributed by atoms with van der Waals surface area (Å²) in [6.07, 6.45) is 0.829. The summed E-state index contributed by atoms with van der Waals surface area (Å²) >= 11 is 0. The van der Waals surface area contributed by atoms with Crippen LogP contribution in [-0.4, -0.2) is 26.2 Å². The molecule has 1 saturated heterocycles. The summed E-state index contributed by atoms with van der Waals surface area (Å²) in [5.41, 5.74) is 1.10. The lowest BCUT2D eigenvalue weighted by atomic mass is 9.94. The standard InChI is InChI=1S/C14H19NO3/c1-3-18-14(16)12-8-9-15-13(12)10-4-6-11(17-2)7-5-10/h4-7,12-13,15H,3,8-9H2,1-2H3/t12-,13-/m0/s1. The van der Waals surface area contributed by atoms with Gasteiger partial charge in [0.1, 0.15) is 5.75 Å². The van der Waals surface area contributed by atoms with E-state index in [-0.39, 0.29) is 17.9 Å². The van der Waals surface area contributed by atoms with Crippen LogP contribution in [0.2, 0.25) is 0 Å². The second-order valence-corrected chi connectivity index (χ2v) is 4.35. The average Bonchev–Trinajstić information content (AvgIpc) is 2.88. The van der Waals surface area contributed by atoms with Crippen molar-refractivity contribution in [2.45, 2.75) is 19.4 Å². The number of nitrogens with one attached hydrogen (secondary N) is 1. The number of hydrogen-bond acceptors (Lipinski definition) is 4. The first-order valence-corrected chi connectivity index (χ1v) is 6.30. The smallest absolute Gasteiger partial charge is 0.310 e. The van der Waals surface area contributed by atoms with Crippen molar-refractivity contribution in [3.05, 3.63) is 29.8 Å². The third-order valence-electron chi connectivity index (χ3n) is 3.29. The Morgan fingerprint density at radius 3 is 2.72 bits per heavy atom. The zero-order valence-corrected chi connectivity index (χ0v) is 10.8. The first-order chi connectivity index (χ1) is 8.76. The Morgan fingerprint density at radius 1 is 1.39 bits per heavy atom. The Kier molecular flexibility index (Phi) is 4.20. The Morgan fingerprint density at radius 2 is 2.11 bits per heavy atom. The van der Waals surface area contributed by atoms with Crippen LogP contribution in [0.15, 0.2) is 24.3 Å². The van der Waals surface area contributed by atoms with Crippen LogP contribution in [0.5, 0.6) is 5.75 Å². The van der Waals surface area contributed by atoms with Crippen molar-refractivity contribution >= 4 is 5.97 Å². The third-order valence-corrected chi connectivity index (χ3v) is 3.29. The third kappa shape index (κ3) is 2.64. The van der Waals surface area contributed by atoms with E-state index in [0.29, 0.717) is 6.61 Å². The molecule has 1 aliphatic rings. The van der Waals surface area contributed by atoms with Crippen LogP contribution in [0.4, 0.5) is 0 Å². The molecule has 2 atom stereocenters. The normalized spacial score (nSPS) is 22.8. The molecule has 0 aliphatic carbocycles. The first kappa shape index (κ1) is 12.9. The van der Waals surface area contributed by atoms with Crippen molar-refractivity contribution in [1.82, 2.24) is 5.32 Å². The van der Waals surface area contributed by atoms with Crippen LogP contribution in [0, 0.1) is 5.92 Å². The van der Waals surface area contributed by atoms with E-state index in [1.807, 2.05) is 31.2 Å². The van der Waals surface area contributed by atoms with E-state index < -0.39 is 0 Å². The predicted octanol–water partition coefficient (Wildman–Crippen LogP) is 1.91. The number of rotatable bonds is 4. The zero-order chi connectivity index (χ0) is 13.0. The molecule has 0 amide bonds. The molecule has 1 N–H and O–H groups in total. The lowest BCUT2D eigenvalue weighted by molar-refractivity contribution is -0.148. The van der Waals surface area contributed by atoms with Gasteiger partial charge in [0, 0.05) is 6.04 Å². The molecule has 1 aromatic rings. The molecule has 4 heteroatoms. The van der Waals surface area contributed by atoms with Gasteiger partial charge in [-0.05, 0) is 37.6 Å². The monoisotopic (exact) mass is 249 g/mol. The maximum atomic E-state index is 11.9. The second kappa shape index (κ2) is 5.87. The Bertz CT molecular complexity index is 402. The van der Waals surface area contributed by atoms with Crippen molar-refractivity contribution in [3.63, 3.8) is 0 Å². The van der Waals surface area contributed by atoms with E-state index in [1.165, 1.54) is 0 Å². The molecule has 0 radical (unpaired) electrons. The van der Waals surface area contributed by atoms with Crippen molar-refractivity contribution in [1.29, 1.82) is 0 Å². The van der Waals surface area contributed by atoms with Gasteiger partial charge in [-0.25, -0.2) is 0 Å². The number of carbonyl (C=O) groups excluding carboxylic acids is 1. The molecule has 2 rings (SSSR count). The van der Waals surface area contributed by atoms with Gasteiger partial charge < -0.3 is 14.8 Å². The number of esters is 1. The Hall–Kier alpha value is -1.55. The molecule has 1 heterocycles.